The van der Waals surface area contributed by atoms with Gasteiger partial charge >= 0.3 is 0 Å². The number of aryl methyl sites for hydroxylation is 1. The van der Waals surface area contributed by atoms with Gasteiger partial charge in [0.1, 0.15) is 12.2 Å². The minimum atomic E-state index is -0.0690. The molecule has 20 heavy (non-hydrogen) atoms. The number of amides is 1. The Bertz CT molecular complexity index is 613. The van der Waals surface area contributed by atoms with E-state index >= 15 is 0 Å². The normalized spacial score (nSPS) is 10.8. The van der Waals surface area contributed by atoms with Gasteiger partial charge in [0.15, 0.2) is 11.2 Å². The van der Waals surface area contributed by atoms with Gasteiger partial charge in [-0.2, -0.15) is 4.98 Å². The highest BCUT2D eigenvalue weighted by Gasteiger charge is 2.15. The first kappa shape index (κ1) is 14.5. The van der Waals surface area contributed by atoms with Gasteiger partial charge in [-0.15, -0.1) is 11.6 Å². The Labute approximate surface area is 121 Å². The topological polar surface area (TPSA) is 81.9 Å². The zero-order valence-corrected chi connectivity index (χ0v) is 12.1. The van der Waals surface area contributed by atoms with E-state index in [9.17, 15) is 4.79 Å². The summed E-state index contributed by atoms with van der Waals surface area (Å²) in [7, 11) is 1.54. The molecule has 0 aliphatic rings. The number of fused-ring (bicyclic) bond motifs is 1. The lowest BCUT2D eigenvalue weighted by molar-refractivity contribution is -0.118. The minimum absolute atomic E-state index is 0.0690. The minimum Gasteiger partial charge on any atom is -0.479 e. The molecule has 2 heterocycles. The number of carbonyl (C=O) groups is 1. The van der Waals surface area contributed by atoms with Crippen LogP contribution in [-0.2, 0) is 17.8 Å². The summed E-state index contributed by atoms with van der Waals surface area (Å²) >= 11 is 5.80. The van der Waals surface area contributed by atoms with Gasteiger partial charge in [0.25, 0.3) is 0 Å². The molecule has 7 nitrogen and oxygen atoms in total. The Morgan fingerprint density at radius 1 is 1.50 bits per heavy atom. The van der Waals surface area contributed by atoms with Crippen LogP contribution < -0.4 is 10.1 Å². The molecule has 0 radical (unpaired) electrons. The Hall–Kier alpha value is -1.89. The van der Waals surface area contributed by atoms with Crippen LogP contribution in [0.2, 0.25) is 0 Å². The van der Waals surface area contributed by atoms with E-state index in [1.54, 1.807) is 7.11 Å². The molecule has 0 saturated heterocycles. The number of hydrogen-bond donors (Lipinski definition) is 1. The lowest BCUT2D eigenvalue weighted by atomic mass is 10.4. The Morgan fingerprint density at radius 2 is 2.30 bits per heavy atom. The number of hydrogen-bond acceptors (Lipinski definition) is 5. The van der Waals surface area contributed by atoms with Crippen LogP contribution in [-0.4, -0.2) is 45.0 Å². The number of methoxy groups -OCH3 is 1. The molecule has 0 atom stereocenters. The van der Waals surface area contributed by atoms with Crippen molar-refractivity contribution in [3.63, 3.8) is 0 Å². The maximum absolute atomic E-state index is 10.9. The van der Waals surface area contributed by atoms with Crippen LogP contribution in [0.25, 0.3) is 11.2 Å². The van der Waals surface area contributed by atoms with Crippen LogP contribution in [0, 0.1) is 0 Å². The molecule has 2 aromatic heterocycles. The number of carbonyl (C=O) groups excluding carboxylic acids is 1. The van der Waals surface area contributed by atoms with Gasteiger partial charge < -0.3 is 14.6 Å². The SMILES string of the molecule is COc1ncnc2c1nc(CCCl)n2CCNC(C)=O. The molecule has 2 rings (SSSR count). The van der Waals surface area contributed by atoms with E-state index in [-0.39, 0.29) is 5.91 Å². The number of ether oxygens (including phenoxy) is 1. The van der Waals surface area contributed by atoms with Crippen molar-refractivity contribution in [3.8, 4) is 5.88 Å². The summed E-state index contributed by atoms with van der Waals surface area (Å²) in [5, 5.41) is 2.75. The van der Waals surface area contributed by atoms with E-state index in [0.29, 0.717) is 42.4 Å². The van der Waals surface area contributed by atoms with Crippen molar-refractivity contribution in [2.75, 3.05) is 19.5 Å². The Kier molecular flexibility index (Phi) is 4.73. The van der Waals surface area contributed by atoms with E-state index in [1.165, 1.54) is 13.3 Å². The van der Waals surface area contributed by atoms with Gasteiger partial charge in [0.2, 0.25) is 11.8 Å². The fourth-order valence-electron chi connectivity index (χ4n) is 1.96. The fraction of sp³-hybridized carbons (Fsp3) is 0.500. The molecule has 1 N–H and O–H groups in total. The number of rotatable bonds is 6. The van der Waals surface area contributed by atoms with Gasteiger partial charge in [-0.05, 0) is 0 Å². The van der Waals surface area contributed by atoms with Crippen molar-refractivity contribution in [1.82, 2.24) is 24.8 Å². The van der Waals surface area contributed by atoms with E-state index < -0.39 is 0 Å². The van der Waals surface area contributed by atoms with Crippen molar-refractivity contribution >= 4 is 28.7 Å². The molecule has 1 amide bonds. The van der Waals surface area contributed by atoms with Crippen LogP contribution in [0.5, 0.6) is 5.88 Å². The summed E-state index contributed by atoms with van der Waals surface area (Å²) in [6, 6.07) is 0. The number of imidazole rings is 1. The van der Waals surface area contributed by atoms with Crippen molar-refractivity contribution in [3.05, 3.63) is 12.2 Å². The molecule has 108 valence electrons. The van der Waals surface area contributed by atoms with Crippen LogP contribution >= 0.6 is 11.6 Å². The average Bonchev–Trinajstić information content (AvgIpc) is 2.77. The highest BCUT2D eigenvalue weighted by molar-refractivity contribution is 6.17. The van der Waals surface area contributed by atoms with Crippen LogP contribution in [0.4, 0.5) is 0 Å². The summed E-state index contributed by atoms with van der Waals surface area (Å²) in [5.41, 5.74) is 1.29. The van der Waals surface area contributed by atoms with Crippen molar-refractivity contribution in [2.45, 2.75) is 19.9 Å². The predicted molar refractivity (Wildman–Crippen MR) is 75.0 cm³/mol. The van der Waals surface area contributed by atoms with Crippen LogP contribution in [0.1, 0.15) is 12.7 Å². The van der Waals surface area contributed by atoms with Gasteiger partial charge in [-0.3, -0.25) is 4.79 Å². The molecule has 0 aromatic carbocycles. The maximum Gasteiger partial charge on any atom is 0.245 e. The van der Waals surface area contributed by atoms with E-state index in [1.807, 2.05) is 4.57 Å². The van der Waals surface area contributed by atoms with E-state index in [2.05, 4.69) is 20.3 Å². The third-order valence-electron chi connectivity index (χ3n) is 2.80. The number of nitrogens with zero attached hydrogens (tertiary/aromatic N) is 4. The van der Waals surface area contributed by atoms with Gasteiger partial charge in [0, 0.05) is 32.3 Å². The largest absolute Gasteiger partial charge is 0.479 e. The number of nitrogens with one attached hydrogen (secondary N) is 1. The first-order valence-corrected chi connectivity index (χ1v) is 6.75. The Balaban J connectivity index is 2.38. The highest BCUT2D eigenvalue weighted by Crippen LogP contribution is 2.21. The lowest BCUT2D eigenvalue weighted by Crippen LogP contribution is -2.25. The lowest BCUT2D eigenvalue weighted by Gasteiger charge is -2.08. The molecule has 0 unspecified atom stereocenters. The van der Waals surface area contributed by atoms with Crippen molar-refractivity contribution in [1.29, 1.82) is 0 Å². The second-order valence-electron chi connectivity index (χ2n) is 4.16. The average molecular weight is 298 g/mol. The fourth-order valence-corrected chi connectivity index (χ4v) is 2.13. The van der Waals surface area contributed by atoms with E-state index in [4.69, 9.17) is 16.3 Å². The van der Waals surface area contributed by atoms with Gasteiger partial charge in [-0.1, -0.05) is 0 Å². The number of alkyl halides is 1. The summed E-state index contributed by atoms with van der Waals surface area (Å²) < 4.78 is 7.12. The first-order chi connectivity index (χ1) is 9.67. The quantitative estimate of drug-likeness (QED) is 0.796. The maximum atomic E-state index is 10.9. The molecule has 0 aliphatic heterocycles. The summed E-state index contributed by atoms with van der Waals surface area (Å²) in [5.74, 6) is 1.63. The second-order valence-corrected chi connectivity index (χ2v) is 4.53. The molecule has 8 heteroatoms. The molecule has 0 saturated carbocycles. The second kappa shape index (κ2) is 6.51. The molecule has 0 spiro atoms. The summed E-state index contributed by atoms with van der Waals surface area (Å²) in [6.45, 7) is 2.56. The molecule has 2 aromatic rings. The predicted octanol–water partition coefficient (Wildman–Crippen LogP) is 0.752. The molecule has 0 fully saturated rings. The molecule has 0 aliphatic carbocycles. The molecular formula is C12H16ClN5O2. The molecular weight excluding hydrogens is 282 g/mol. The summed E-state index contributed by atoms with van der Waals surface area (Å²) in [6.07, 6.45) is 2.05. The van der Waals surface area contributed by atoms with Gasteiger partial charge in [0.05, 0.1) is 7.11 Å². The van der Waals surface area contributed by atoms with Crippen molar-refractivity contribution in [2.24, 2.45) is 0 Å². The molecule has 0 bridgehead atoms. The standard InChI is InChI=1S/C12H16ClN5O2/c1-8(19)14-5-6-18-9(3-4-13)17-10-11(18)15-7-16-12(10)20-2/h7H,3-6H2,1-2H3,(H,14,19). The Morgan fingerprint density at radius 3 is 2.95 bits per heavy atom. The third kappa shape index (κ3) is 2.98. The zero-order valence-electron chi connectivity index (χ0n) is 11.4. The van der Waals surface area contributed by atoms with Crippen LogP contribution in [0.3, 0.4) is 0 Å². The number of halogens is 1. The number of aromatic nitrogens is 4. The van der Waals surface area contributed by atoms with Crippen molar-refractivity contribution < 1.29 is 9.53 Å². The monoisotopic (exact) mass is 297 g/mol. The van der Waals surface area contributed by atoms with Crippen LogP contribution in [0.15, 0.2) is 6.33 Å². The zero-order chi connectivity index (χ0) is 14.5. The first-order valence-electron chi connectivity index (χ1n) is 6.22. The highest BCUT2D eigenvalue weighted by atomic mass is 35.5. The van der Waals surface area contributed by atoms with E-state index in [0.717, 1.165) is 5.82 Å². The third-order valence-corrected chi connectivity index (χ3v) is 2.99. The van der Waals surface area contributed by atoms with Gasteiger partial charge in [-0.25, -0.2) is 9.97 Å². The summed E-state index contributed by atoms with van der Waals surface area (Å²) in [4.78, 5) is 23.7. The smallest absolute Gasteiger partial charge is 0.245 e.